The fourth-order valence-electron chi connectivity index (χ4n) is 3.42. The number of aliphatic hydroxyl groups is 1. The van der Waals surface area contributed by atoms with Gasteiger partial charge >= 0.3 is 0 Å². The Morgan fingerprint density at radius 1 is 0.846 bits per heavy atom. The molecule has 2 aliphatic carbocycles. The van der Waals surface area contributed by atoms with Gasteiger partial charge in [-0.2, -0.15) is 0 Å². The minimum absolute atomic E-state index is 0.284. The molecule has 0 aliphatic heterocycles. The van der Waals surface area contributed by atoms with Crippen LogP contribution in [-0.4, -0.2) is 10.7 Å². The Morgan fingerprint density at radius 2 is 1.46 bits per heavy atom. The van der Waals surface area contributed by atoms with Crippen molar-refractivity contribution in [2.24, 2.45) is 5.41 Å². The molecule has 2 saturated carbocycles. The maximum Gasteiger partial charge on any atom is 0.0653 e. The molecular weight excluding hydrogens is 160 g/mol. The van der Waals surface area contributed by atoms with Gasteiger partial charge in [0.25, 0.3) is 0 Å². The topological polar surface area (TPSA) is 20.2 Å². The van der Waals surface area contributed by atoms with Crippen LogP contribution >= 0.6 is 0 Å². The summed E-state index contributed by atoms with van der Waals surface area (Å²) in [4.78, 5) is 0. The molecule has 2 rings (SSSR count). The summed E-state index contributed by atoms with van der Waals surface area (Å²) in [7, 11) is 0. The SMILES string of the molecule is CC12CCCCCC(O)(CCC1)C2. The second kappa shape index (κ2) is 3.27. The molecule has 0 radical (unpaired) electrons. The summed E-state index contributed by atoms with van der Waals surface area (Å²) in [5.74, 6) is 0. The largest absolute Gasteiger partial charge is 0.390 e. The maximum atomic E-state index is 10.4. The van der Waals surface area contributed by atoms with Crippen LogP contribution in [0.3, 0.4) is 0 Å². The van der Waals surface area contributed by atoms with E-state index in [-0.39, 0.29) is 5.60 Å². The van der Waals surface area contributed by atoms with Crippen LogP contribution in [0.5, 0.6) is 0 Å². The zero-order chi connectivity index (χ0) is 9.36. The van der Waals surface area contributed by atoms with Crippen molar-refractivity contribution in [3.05, 3.63) is 0 Å². The predicted octanol–water partition coefficient (Wildman–Crippen LogP) is 3.26. The van der Waals surface area contributed by atoms with Gasteiger partial charge in [0.1, 0.15) is 0 Å². The average molecular weight is 182 g/mol. The highest BCUT2D eigenvalue weighted by atomic mass is 16.3. The molecule has 2 atom stereocenters. The molecule has 1 nitrogen and oxygen atoms in total. The first-order valence-electron chi connectivity index (χ1n) is 5.84. The Labute approximate surface area is 81.5 Å². The summed E-state index contributed by atoms with van der Waals surface area (Å²) in [5.41, 5.74) is 0.181. The van der Waals surface area contributed by atoms with Gasteiger partial charge in [-0.25, -0.2) is 0 Å². The first-order valence-corrected chi connectivity index (χ1v) is 5.84. The van der Waals surface area contributed by atoms with Crippen LogP contribution in [0.25, 0.3) is 0 Å². The highest BCUT2D eigenvalue weighted by Gasteiger charge is 2.41. The normalized spacial score (nSPS) is 46.6. The summed E-state index contributed by atoms with van der Waals surface area (Å²) in [6.07, 6.45) is 11.1. The second-order valence-corrected chi connectivity index (χ2v) is 5.63. The highest BCUT2D eigenvalue weighted by molar-refractivity contribution is 4.93. The maximum absolute atomic E-state index is 10.4. The third-order valence-electron chi connectivity index (χ3n) is 4.10. The smallest absolute Gasteiger partial charge is 0.0653 e. The summed E-state index contributed by atoms with van der Waals surface area (Å²) >= 11 is 0. The fourth-order valence-corrected chi connectivity index (χ4v) is 3.42. The first-order chi connectivity index (χ1) is 6.12. The highest BCUT2D eigenvalue weighted by Crippen LogP contribution is 2.47. The third kappa shape index (κ3) is 2.07. The van der Waals surface area contributed by atoms with Crippen LogP contribution in [-0.2, 0) is 0 Å². The molecule has 0 saturated heterocycles. The molecule has 76 valence electrons. The van der Waals surface area contributed by atoms with Crippen molar-refractivity contribution < 1.29 is 5.11 Å². The van der Waals surface area contributed by atoms with E-state index in [1.807, 2.05) is 0 Å². The van der Waals surface area contributed by atoms with E-state index in [1.165, 1.54) is 38.5 Å². The van der Waals surface area contributed by atoms with E-state index >= 15 is 0 Å². The molecule has 2 aliphatic rings. The lowest BCUT2D eigenvalue weighted by Gasteiger charge is -2.45. The number of hydrogen-bond donors (Lipinski definition) is 1. The number of rotatable bonds is 0. The molecule has 0 aromatic heterocycles. The van der Waals surface area contributed by atoms with Crippen LogP contribution in [0.2, 0.25) is 0 Å². The number of hydrogen-bond acceptors (Lipinski definition) is 1. The van der Waals surface area contributed by atoms with Crippen LogP contribution in [0.1, 0.15) is 64.7 Å². The van der Waals surface area contributed by atoms with Crippen LogP contribution < -0.4 is 0 Å². The summed E-state index contributed by atoms with van der Waals surface area (Å²) in [6.45, 7) is 2.38. The lowest BCUT2D eigenvalue weighted by atomic mass is 9.64. The van der Waals surface area contributed by atoms with E-state index in [0.29, 0.717) is 5.41 Å². The molecule has 1 N–H and O–H groups in total. The monoisotopic (exact) mass is 182 g/mol. The molecule has 13 heavy (non-hydrogen) atoms. The Balaban J connectivity index is 2.11. The minimum Gasteiger partial charge on any atom is -0.390 e. The molecule has 0 amide bonds. The van der Waals surface area contributed by atoms with E-state index in [4.69, 9.17) is 0 Å². The van der Waals surface area contributed by atoms with Crippen molar-refractivity contribution in [3.8, 4) is 0 Å². The van der Waals surface area contributed by atoms with Crippen LogP contribution in [0, 0.1) is 5.41 Å². The van der Waals surface area contributed by atoms with E-state index in [0.717, 1.165) is 19.3 Å². The Kier molecular flexibility index (Phi) is 2.39. The van der Waals surface area contributed by atoms with Crippen LogP contribution in [0.4, 0.5) is 0 Å². The van der Waals surface area contributed by atoms with E-state index in [2.05, 4.69) is 6.92 Å². The molecule has 2 unspecified atom stereocenters. The Hall–Kier alpha value is -0.0400. The van der Waals surface area contributed by atoms with Gasteiger partial charge in [-0.1, -0.05) is 32.6 Å². The third-order valence-corrected chi connectivity index (χ3v) is 4.10. The molecule has 2 bridgehead atoms. The molecule has 0 aromatic carbocycles. The van der Waals surface area contributed by atoms with Crippen molar-refractivity contribution in [3.63, 3.8) is 0 Å². The lowest BCUT2D eigenvalue weighted by Crippen LogP contribution is -2.41. The zero-order valence-corrected chi connectivity index (χ0v) is 8.81. The molecule has 2 fully saturated rings. The van der Waals surface area contributed by atoms with E-state index < -0.39 is 0 Å². The fraction of sp³-hybridized carbons (Fsp3) is 1.00. The number of fused-ring (bicyclic) bond motifs is 2. The molecule has 0 aromatic rings. The van der Waals surface area contributed by atoms with Crippen molar-refractivity contribution >= 4 is 0 Å². The molecular formula is C12H22O. The quantitative estimate of drug-likeness (QED) is 0.609. The Morgan fingerprint density at radius 3 is 2.31 bits per heavy atom. The van der Waals surface area contributed by atoms with Gasteiger partial charge in [-0.15, -0.1) is 0 Å². The lowest BCUT2D eigenvalue weighted by molar-refractivity contribution is -0.0607. The van der Waals surface area contributed by atoms with Gasteiger partial charge in [-0.05, 0) is 37.5 Å². The molecule has 0 heterocycles. The van der Waals surface area contributed by atoms with Gasteiger partial charge in [0, 0.05) is 0 Å². The summed E-state index contributed by atoms with van der Waals surface area (Å²) in [5, 5.41) is 10.4. The molecule has 1 heteroatoms. The standard InChI is InChI=1S/C12H22O/c1-11-6-3-2-4-8-12(13,10-11)9-5-7-11/h13H,2-10H2,1H3. The van der Waals surface area contributed by atoms with Gasteiger partial charge in [-0.3, -0.25) is 0 Å². The van der Waals surface area contributed by atoms with Gasteiger partial charge in [0.15, 0.2) is 0 Å². The zero-order valence-electron chi connectivity index (χ0n) is 8.81. The van der Waals surface area contributed by atoms with Crippen molar-refractivity contribution in [1.29, 1.82) is 0 Å². The first kappa shape index (κ1) is 9.51. The van der Waals surface area contributed by atoms with Gasteiger partial charge < -0.3 is 5.11 Å². The second-order valence-electron chi connectivity index (χ2n) is 5.63. The Bertz CT molecular complexity index is 172. The minimum atomic E-state index is -0.284. The van der Waals surface area contributed by atoms with Crippen molar-refractivity contribution in [2.45, 2.75) is 70.3 Å². The summed E-state index contributed by atoms with van der Waals surface area (Å²) in [6, 6.07) is 0. The van der Waals surface area contributed by atoms with E-state index in [9.17, 15) is 5.11 Å². The van der Waals surface area contributed by atoms with Crippen molar-refractivity contribution in [2.75, 3.05) is 0 Å². The van der Waals surface area contributed by atoms with Gasteiger partial charge in [0.2, 0.25) is 0 Å². The average Bonchev–Trinajstić information content (AvgIpc) is 2.01. The van der Waals surface area contributed by atoms with E-state index in [1.54, 1.807) is 0 Å². The predicted molar refractivity (Wildman–Crippen MR) is 54.6 cm³/mol. The molecule has 0 spiro atoms. The summed E-state index contributed by atoms with van der Waals surface area (Å²) < 4.78 is 0. The van der Waals surface area contributed by atoms with Crippen molar-refractivity contribution in [1.82, 2.24) is 0 Å². The van der Waals surface area contributed by atoms with Gasteiger partial charge in [0.05, 0.1) is 5.60 Å². The van der Waals surface area contributed by atoms with Crippen LogP contribution in [0.15, 0.2) is 0 Å².